The van der Waals surface area contributed by atoms with Crippen LogP contribution in [0.4, 0.5) is 0 Å². The summed E-state index contributed by atoms with van der Waals surface area (Å²) in [6.07, 6.45) is 0.690. The van der Waals surface area contributed by atoms with Gasteiger partial charge in [0, 0.05) is 10.0 Å². The molecule has 0 saturated heterocycles. The summed E-state index contributed by atoms with van der Waals surface area (Å²) in [5.41, 5.74) is 0.476. The Morgan fingerprint density at radius 1 is 1.07 bits per heavy atom. The van der Waals surface area contributed by atoms with E-state index in [1.807, 2.05) is 0 Å². The lowest BCUT2D eigenvalue weighted by Gasteiger charge is -2.11. The maximum absolute atomic E-state index is 10.9. The van der Waals surface area contributed by atoms with Crippen LogP contribution in [-0.4, -0.2) is 65.2 Å². The first-order valence-electron chi connectivity index (χ1n) is 7.58. The Hall–Kier alpha value is -2.46. The van der Waals surface area contributed by atoms with Crippen LogP contribution in [0.3, 0.4) is 0 Å². The van der Waals surface area contributed by atoms with Gasteiger partial charge in [0.15, 0.2) is 6.61 Å². The molecule has 0 aliphatic rings. The summed E-state index contributed by atoms with van der Waals surface area (Å²) in [5, 5.41) is 2.64. The molecule has 0 spiro atoms. The van der Waals surface area contributed by atoms with Gasteiger partial charge in [-0.3, -0.25) is 14.4 Å². The van der Waals surface area contributed by atoms with Crippen LogP contribution < -0.4 is 10.1 Å². The van der Waals surface area contributed by atoms with E-state index < -0.39 is 23.9 Å². The van der Waals surface area contributed by atoms with Crippen LogP contribution in [0.15, 0.2) is 22.7 Å². The monoisotopic (exact) mass is 447 g/mol. The Morgan fingerprint density at radius 2 is 1.70 bits per heavy atom. The third-order valence-electron chi connectivity index (χ3n) is 3.05. The third kappa shape index (κ3) is 10.3. The van der Waals surface area contributed by atoms with Crippen LogP contribution in [0.2, 0.25) is 0 Å². The molecule has 10 heteroatoms. The highest BCUT2D eigenvalue weighted by Gasteiger charge is 2.20. The highest BCUT2D eigenvalue weighted by atomic mass is 79.9. The molecule has 27 heavy (non-hydrogen) atoms. The van der Waals surface area contributed by atoms with Crippen LogP contribution >= 0.6 is 15.9 Å². The van der Waals surface area contributed by atoms with E-state index in [-0.39, 0.29) is 13.0 Å². The maximum atomic E-state index is 10.9. The van der Waals surface area contributed by atoms with Crippen molar-refractivity contribution in [3.8, 4) is 5.75 Å². The van der Waals surface area contributed by atoms with Gasteiger partial charge in [0.25, 0.3) is 0 Å². The van der Waals surface area contributed by atoms with Gasteiger partial charge >= 0.3 is 17.9 Å². The van der Waals surface area contributed by atoms with Crippen molar-refractivity contribution in [3.63, 3.8) is 0 Å². The Labute approximate surface area is 165 Å². The number of hydrogen-bond acceptors (Lipinski definition) is 9. The first-order chi connectivity index (χ1) is 12.8. The van der Waals surface area contributed by atoms with E-state index in [1.54, 1.807) is 25.2 Å². The molecule has 1 unspecified atom stereocenters. The van der Waals surface area contributed by atoms with Gasteiger partial charge in [-0.05, 0) is 25.2 Å². The lowest BCUT2D eigenvalue weighted by atomic mass is 10.2. The van der Waals surface area contributed by atoms with Crippen molar-refractivity contribution in [2.45, 2.75) is 12.5 Å². The Balaban J connectivity index is 0.000000516. The van der Waals surface area contributed by atoms with E-state index in [2.05, 4.69) is 35.5 Å². The third-order valence-corrected chi connectivity index (χ3v) is 3.50. The van der Waals surface area contributed by atoms with Gasteiger partial charge in [0.2, 0.25) is 0 Å². The van der Waals surface area contributed by atoms with E-state index in [0.29, 0.717) is 22.1 Å². The minimum Gasteiger partial charge on any atom is -0.482 e. The molecule has 0 amide bonds. The van der Waals surface area contributed by atoms with Crippen molar-refractivity contribution in [2.75, 3.05) is 35.0 Å². The molecule has 0 radical (unpaired) electrons. The number of nitrogens with one attached hydrogen (secondary N) is 1. The van der Waals surface area contributed by atoms with E-state index in [4.69, 9.17) is 4.74 Å². The van der Waals surface area contributed by atoms with Crippen LogP contribution in [-0.2, 0) is 28.6 Å². The lowest BCUT2D eigenvalue weighted by molar-refractivity contribution is -0.149. The molecule has 1 rings (SSSR count). The number of aldehydes is 1. The summed E-state index contributed by atoms with van der Waals surface area (Å²) < 4.78 is 19.1. The molecule has 0 saturated carbocycles. The fraction of sp³-hybridized carbons (Fsp3) is 0.412. The molecule has 150 valence electrons. The zero-order valence-electron chi connectivity index (χ0n) is 15.4. The SMILES string of the molecule is CNC(CC(=O)OC)C(=O)OC.COC(=O)COc1cc(Br)cc(C=O)c1. The number of methoxy groups -OCH3 is 3. The number of carbonyl (C=O) groups is 4. The number of carbonyl (C=O) groups excluding carboxylic acids is 4. The van der Waals surface area contributed by atoms with Gasteiger partial charge < -0.3 is 24.3 Å². The Morgan fingerprint density at radius 3 is 2.19 bits per heavy atom. The summed E-state index contributed by atoms with van der Waals surface area (Å²) in [5.74, 6) is -0.942. The van der Waals surface area contributed by atoms with Crippen molar-refractivity contribution >= 4 is 40.1 Å². The molecule has 1 aromatic rings. The molecule has 0 aliphatic heterocycles. The van der Waals surface area contributed by atoms with Gasteiger partial charge in [0.1, 0.15) is 18.1 Å². The smallest absolute Gasteiger partial charge is 0.343 e. The molecule has 0 aromatic heterocycles. The van der Waals surface area contributed by atoms with E-state index in [9.17, 15) is 19.2 Å². The summed E-state index contributed by atoms with van der Waals surface area (Å²) >= 11 is 3.22. The summed E-state index contributed by atoms with van der Waals surface area (Å²) in [6.45, 7) is -0.175. The van der Waals surface area contributed by atoms with Crippen LogP contribution in [0, 0.1) is 0 Å². The number of rotatable bonds is 8. The quantitative estimate of drug-likeness (QED) is 0.355. The lowest BCUT2D eigenvalue weighted by Crippen LogP contribution is -2.37. The van der Waals surface area contributed by atoms with Crippen LogP contribution in [0.25, 0.3) is 0 Å². The second kappa shape index (κ2) is 13.7. The minimum absolute atomic E-state index is 0.0142. The molecular formula is C17H22BrNO8. The average molecular weight is 448 g/mol. The molecule has 0 heterocycles. The minimum atomic E-state index is -0.623. The first-order valence-corrected chi connectivity index (χ1v) is 8.37. The second-order valence-corrected chi connectivity index (χ2v) is 5.76. The van der Waals surface area contributed by atoms with E-state index in [1.165, 1.54) is 21.3 Å². The Kier molecular flexibility index (Phi) is 12.5. The highest BCUT2D eigenvalue weighted by molar-refractivity contribution is 9.10. The number of esters is 3. The average Bonchev–Trinajstić information content (AvgIpc) is 2.69. The highest BCUT2D eigenvalue weighted by Crippen LogP contribution is 2.20. The van der Waals surface area contributed by atoms with Crippen molar-refractivity contribution in [1.29, 1.82) is 0 Å². The summed E-state index contributed by atoms with van der Waals surface area (Å²) in [4.78, 5) is 43.0. The number of benzene rings is 1. The zero-order chi connectivity index (χ0) is 20.8. The maximum Gasteiger partial charge on any atom is 0.343 e. The molecule has 1 aromatic carbocycles. The van der Waals surface area contributed by atoms with Gasteiger partial charge in [-0.15, -0.1) is 0 Å². The van der Waals surface area contributed by atoms with Gasteiger partial charge in [-0.2, -0.15) is 0 Å². The van der Waals surface area contributed by atoms with Crippen LogP contribution in [0.1, 0.15) is 16.8 Å². The first kappa shape index (κ1) is 24.5. The molecular weight excluding hydrogens is 426 g/mol. The summed E-state index contributed by atoms with van der Waals surface area (Å²) in [7, 11) is 5.39. The number of ether oxygens (including phenoxy) is 4. The molecule has 0 aliphatic carbocycles. The fourth-order valence-electron chi connectivity index (χ4n) is 1.63. The zero-order valence-corrected chi connectivity index (χ0v) is 17.0. The molecule has 0 bridgehead atoms. The largest absolute Gasteiger partial charge is 0.482 e. The van der Waals surface area contributed by atoms with Gasteiger partial charge in [-0.25, -0.2) is 4.79 Å². The predicted molar refractivity (Wildman–Crippen MR) is 98.5 cm³/mol. The van der Waals surface area contributed by atoms with Gasteiger partial charge in [-0.1, -0.05) is 15.9 Å². The van der Waals surface area contributed by atoms with E-state index >= 15 is 0 Å². The predicted octanol–water partition coefficient (Wildman–Crippen LogP) is 1.12. The van der Waals surface area contributed by atoms with E-state index in [0.717, 1.165) is 0 Å². The van der Waals surface area contributed by atoms with Crippen LogP contribution in [0.5, 0.6) is 5.75 Å². The molecule has 0 fully saturated rings. The van der Waals surface area contributed by atoms with Gasteiger partial charge in [0.05, 0.1) is 27.8 Å². The van der Waals surface area contributed by atoms with Crippen molar-refractivity contribution in [3.05, 3.63) is 28.2 Å². The Bertz CT molecular complexity index is 650. The number of likely N-dealkylation sites (N-methyl/N-ethyl adjacent to an activating group) is 1. The normalized spacial score (nSPS) is 10.6. The van der Waals surface area contributed by atoms with Crippen molar-refractivity contribution in [2.24, 2.45) is 0 Å². The number of hydrogen-bond donors (Lipinski definition) is 1. The molecule has 1 atom stereocenters. The molecule has 1 N–H and O–H groups in total. The van der Waals surface area contributed by atoms with Crippen molar-refractivity contribution < 1.29 is 38.1 Å². The standard InChI is InChI=1S/C10H9BrO4.C7H13NO4/c1-14-10(13)6-15-9-3-7(5-12)2-8(11)4-9;1-8-5(7(10)12-3)4-6(9)11-2/h2-5H,6H2,1H3;5,8H,4H2,1-3H3. The second-order valence-electron chi connectivity index (χ2n) is 4.85. The summed E-state index contributed by atoms with van der Waals surface area (Å²) in [6, 6.07) is 4.23. The number of halogens is 1. The topological polar surface area (TPSA) is 117 Å². The molecule has 9 nitrogen and oxygen atoms in total. The fourth-order valence-corrected chi connectivity index (χ4v) is 2.12. The van der Waals surface area contributed by atoms with Crippen molar-refractivity contribution in [1.82, 2.24) is 5.32 Å².